The molecule has 1 aliphatic carbocycles. The molecule has 2 heterocycles. The Morgan fingerprint density at radius 1 is 1.19 bits per heavy atom. The molecule has 32 heavy (non-hydrogen) atoms. The van der Waals surface area contributed by atoms with Gasteiger partial charge in [-0.05, 0) is 74.4 Å². The molecule has 168 valence electrons. The predicted molar refractivity (Wildman–Crippen MR) is 127 cm³/mol. The summed E-state index contributed by atoms with van der Waals surface area (Å²) >= 11 is 5.91. The Labute approximate surface area is 191 Å². The van der Waals surface area contributed by atoms with Gasteiger partial charge in [0.25, 0.3) is 0 Å². The standard InChI is InChI=1S/C24H27ClFN5O/c1-27-21-9-17-20(29-14-30-23(17)31-16-2-3-19(26)18(25)8-16)10-22(21)32-13-15-11-24(12-15)4-6-28-7-5-24/h2-3,8-10,14-15,27-28H,4-7,11-13H2,1H3,(H,29,30,31). The summed E-state index contributed by atoms with van der Waals surface area (Å²) in [6, 6.07) is 8.42. The number of anilines is 3. The van der Waals surface area contributed by atoms with Crippen LogP contribution in [0.1, 0.15) is 25.7 Å². The summed E-state index contributed by atoms with van der Waals surface area (Å²) in [5.74, 6) is 1.56. The van der Waals surface area contributed by atoms with E-state index in [9.17, 15) is 4.39 Å². The Morgan fingerprint density at radius 2 is 2.00 bits per heavy atom. The van der Waals surface area contributed by atoms with E-state index in [0.717, 1.165) is 42.0 Å². The van der Waals surface area contributed by atoms with Gasteiger partial charge in [-0.3, -0.25) is 0 Å². The zero-order valence-electron chi connectivity index (χ0n) is 18.0. The van der Waals surface area contributed by atoms with Crippen LogP contribution >= 0.6 is 11.6 Å². The number of benzene rings is 2. The van der Waals surface area contributed by atoms with Gasteiger partial charge in [-0.2, -0.15) is 0 Å². The lowest BCUT2D eigenvalue weighted by molar-refractivity contribution is -0.00189. The largest absolute Gasteiger partial charge is 0.491 e. The van der Waals surface area contributed by atoms with Gasteiger partial charge in [0.2, 0.25) is 0 Å². The molecule has 1 saturated heterocycles. The SMILES string of the molecule is CNc1cc2c(Nc3ccc(F)c(Cl)c3)ncnc2cc1OCC1CC2(CCNCC2)C1. The minimum Gasteiger partial charge on any atom is -0.491 e. The molecule has 5 rings (SSSR count). The first kappa shape index (κ1) is 21.2. The number of ether oxygens (including phenoxy) is 1. The summed E-state index contributed by atoms with van der Waals surface area (Å²) in [4.78, 5) is 8.80. The van der Waals surface area contributed by atoms with Gasteiger partial charge in [0.05, 0.1) is 22.8 Å². The third kappa shape index (κ3) is 4.19. The number of halogens is 2. The van der Waals surface area contributed by atoms with Crippen molar-refractivity contribution in [3.8, 4) is 5.75 Å². The lowest BCUT2D eigenvalue weighted by Crippen LogP contribution is -2.46. The summed E-state index contributed by atoms with van der Waals surface area (Å²) in [6.45, 7) is 3.00. The highest BCUT2D eigenvalue weighted by Crippen LogP contribution is 2.51. The first-order valence-corrected chi connectivity index (χ1v) is 11.5. The Morgan fingerprint density at radius 3 is 2.75 bits per heavy atom. The quantitative estimate of drug-likeness (QED) is 0.464. The molecule has 0 atom stereocenters. The Balaban J connectivity index is 1.33. The minimum absolute atomic E-state index is 0.0576. The van der Waals surface area contributed by atoms with Crippen molar-refractivity contribution in [3.63, 3.8) is 0 Å². The van der Waals surface area contributed by atoms with E-state index in [1.54, 1.807) is 6.07 Å². The average Bonchev–Trinajstić information content (AvgIpc) is 2.79. The first-order valence-electron chi connectivity index (χ1n) is 11.1. The van der Waals surface area contributed by atoms with Crippen LogP contribution in [0, 0.1) is 17.2 Å². The van der Waals surface area contributed by atoms with Crippen molar-refractivity contribution in [1.29, 1.82) is 0 Å². The van der Waals surface area contributed by atoms with Crippen LogP contribution in [0.2, 0.25) is 5.02 Å². The minimum atomic E-state index is -0.457. The van der Waals surface area contributed by atoms with Crippen molar-refractivity contribution >= 4 is 39.7 Å². The number of rotatable bonds is 6. The number of hydrogen-bond acceptors (Lipinski definition) is 6. The van der Waals surface area contributed by atoms with E-state index in [0.29, 0.717) is 22.8 Å². The van der Waals surface area contributed by atoms with E-state index < -0.39 is 5.82 Å². The van der Waals surface area contributed by atoms with Crippen molar-refractivity contribution in [2.24, 2.45) is 11.3 Å². The van der Waals surface area contributed by atoms with Gasteiger partial charge < -0.3 is 20.7 Å². The highest BCUT2D eigenvalue weighted by molar-refractivity contribution is 6.31. The van der Waals surface area contributed by atoms with Crippen molar-refractivity contribution < 1.29 is 9.13 Å². The third-order valence-electron chi connectivity index (χ3n) is 6.77. The molecule has 2 fully saturated rings. The Hall–Kier alpha value is -2.64. The zero-order chi connectivity index (χ0) is 22.1. The van der Waals surface area contributed by atoms with Crippen molar-refractivity contribution in [2.45, 2.75) is 25.7 Å². The first-order chi connectivity index (χ1) is 15.5. The van der Waals surface area contributed by atoms with Crippen LogP contribution in [0.4, 0.5) is 21.6 Å². The highest BCUT2D eigenvalue weighted by Gasteiger charge is 2.44. The maximum absolute atomic E-state index is 13.5. The fourth-order valence-electron chi connectivity index (χ4n) is 5.06. The van der Waals surface area contributed by atoms with Crippen LogP contribution in [0.25, 0.3) is 10.9 Å². The second-order valence-corrected chi connectivity index (χ2v) is 9.33. The van der Waals surface area contributed by atoms with E-state index in [1.165, 1.54) is 44.1 Å². The lowest BCUT2D eigenvalue weighted by atomic mass is 9.58. The van der Waals surface area contributed by atoms with E-state index in [1.807, 2.05) is 19.2 Å². The number of nitrogens with zero attached hydrogens (tertiary/aromatic N) is 2. The summed E-state index contributed by atoms with van der Waals surface area (Å²) in [6.07, 6.45) is 6.59. The van der Waals surface area contributed by atoms with E-state index >= 15 is 0 Å². The van der Waals surface area contributed by atoms with Gasteiger partial charge in [0.1, 0.15) is 23.7 Å². The van der Waals surface area contributed by atoms with Crippen LogP contribution in [-0.2, 0) is 0 Å². The second kappa shape index (κ2) is 8.71. The van der Waals surface area contributed by atoms with Gasteiger partial charge in [-0.25, -0.2) is 14.4 Å². The number of aromatic nitrogens is 2. The average molecular weight is 456 g/mol. The molecule has 2 aromatic carbocycles. The summed E-state index contributed by atoms with van der Waals surface area (Å²) in [5.41, 5.74) is 2.85. The van der Waals surface area contributed by atoms with E-state index in [-0.39, 0.29) is 5.02 Å². The van der Waals surface area contributed by atoms with Gasteiger partial charge >= 0.3 is 0 Å². The fraction of sp³-hybridized carbons (Fsp3) is 0.417. The predicted octanol–water partition coefficient (Wildman–Crippen LogP) is 5.37. The van der Waals surface area contributed by atoms with Crippen LogP contribution in [0.15, 0.2) is 36.7 Å². The molecule has 0 unspecified atom stereocenters. The number of piperidine rings is 1. The number of nitrogens with one attached hydrogen (secondary N) is 3. The van der Waals surface area contributed by atoms with E-state index in [4.69, 9.17) is 16.3 Å². The normalized spacial score (nSPS) is 17.8. The second-order valence-electron chi connectivity index (χ2n) is 8.93. The van der Waals surface area contributed by atoms with Crippen molar-refractivity contribution in [2.75, 3.05) is 37.4 Å². The van der Waals surface area contributed by atoms with Crippen LogP contribution in [0.5, 0.6) is 5.75 Å². The van der Waals surface area contributed by atoms with Gasteiger partial charge in [-0.1, -0.05) is 11.6 Å². The van der Waals surface area contributed by atoms with Crippen LogP contribution in [-0.4, -0.2) is 36.7 Å². The van der Waals surface area contributed by atoms with Crippen LogP contribution < -0.4 is 20.7 Å². The molecule has 1 aromatic heterocycles. The molecular weight excluding hydrogens is 429 g/mol. The monoisotopic (exact) mass is 455 g/mol. The van der Waals surface area contributed by atoms with Gasteiger partial charge in [0.15, 0.2) is 0 Å². The molecule has 6 nitrogen and oxygen atoms in total. The molecule has 1 spiro atoms. The summed E-state index contributed by atoms with van der Waals surface area (Å²) in [5, 5.41) is 10.8. The smallest absolute Gasteiger partial charge is 0.144 e. The number of fused-ring (bicyclic) bond motifs is 1. The van der Waals surface area contributed by atoms with E-state index in [2.05, 4.69) is 25.9 Å². The molecular formula is C24H27ClFN5O. The van der Waals surface area contributed by atoms with Crippen molar-refractivity contribution in [3.05, 3.63) is 47.5 Å². The molecule has 2 aliphatic rings. The summed E-state index contributed by atoms with van der Waals surface area (Å²) in [7, 11) is 1.87. The zero-order valence-corrected chi connectivity index (χ0v) is 18.8. The molecule has 0 bridgehead atoms. The topological polar surface area (TPSA) is 71.1 Å². The Kier molecular flexibility index (Phi) is 5.78. The Bertz CT molecular complexity index is 1130. The third-order valence-corrected chi connectivity index (χ3v) is 7.06. The maximum Gasteiger partial charge on any atom is 0.144 e. The van der Waals surface area contributed by atoms with Gasteiger partial charge in [0, 0.05) is 24.2 Å². The number of hydrogen-bond donors (Lipinski definition) is 3. The highest BCUT2D eigenvalue weighted by atomic mass is 35.5. The molecule has 3 aromatic rings. The van der Waals surface area contributed by atoms with Gasteiger partial charge in [-0.15, -0.1) is 0 Å². The molecule has 1 saturated carbocycles. The molecule has 0 radical (unpaired) electrons. The molecule has 0 amide bonds. The molecule has 1 aliphatic heterocycles. The molecule has 8 heteroatoms. The van der Waals surface area contributed by atoms with Crippen LogP contribution in [0.3, 0.4) is 0 Å². The fourth-order valence-corrected chi connectivity index (χ4v) is 5.25. The molecule has 3 N–H and O–H groups in total. The lowest BCUT2D eigenvalue weighted by Gasteiger charge is -2.50. The summed E-state index contributed by atoms with van der Waals surface area (Å²) < 4.78 is 19.7. The van der Waals surface area contributed by atoms with Crippen molar-refractivity contribution in [1.82, 2.24) is 15.3 Å². The maximum atomic E-state index is 13.5.